The highest BCUT2D eigenvalue weighted by Gasteiger charge is 2.49. The molecule has 38 heavy (non-hydrogen) atoms. The van der Waals surface area contributed by atoms with E-state index in [2.05, 4.69) is 49.1 Å². The summed E-state index contributed by atoms with van der Waals surface area (Å²) in [6.07, 6.45) is 6.53. The Kier molecular flexibility index (Phi) is 6.08. The Morgan fingerprint density at radius 3 is 2.45 bits per heavy atom. The van der Waals surface area contributed by atoms with Crippen molar-refractivity contribution in [2.24, 2.45) is 11.3 Å². The van der Waals surface area contributed by atoms with Gasteiger partial charge in [0.05, 0.1) is 31.1 Å². The predicted molar refractivity (Wildman–Crippen MR) is 147 cm³/mol. The number of fused-ring (bicyclic) bond motifs is 1. The number of hydrogen-bond donors (Lipinski definition) is 0. The first kappa shape index (κ1) is 24.3. The lowest BCUT2D eigenvalue weighted by Gasteiger charge is -2.56. The van der Waals surface area contributed by atoms with Gasteiger partial charge in [-0.05, 0) is 76.0 Å². The summed E-state index contributed by atoms with van der Waals surface area (Å²) < 4.78 is 13.7. The van der Waals surface area contributed by atoms with Gasteiger partial charge in [-0.25, -0.2) is 4.98 Å². The highest BCUT2D eigenvalue weighted by molar-refractivity contribution is 5.49. The van der Waals surface area contributed by atoms with Crippen LogP contribution in [0.3, 0.4) is 0 Å². The quantitative estimate of drug-likeness (QED) is 0.484. The molecule has 0 amide bonds. The smallest absolute Gasteiger partial charge is 0.253 e. The Balaban J connectivity index is 0.921. The van der Waals surface area contributed by atoms with E-state index in [0.717, 1.165) is 61.6 Å². The van der Waals surface area contributed by atoms with Crippen molar-refractivity contribution in [3.05, 3.63) is 47.0 Å². The first-order chi connectivity index (χ1) is 18.4. The Labute approximate surface area is 225 Å². The van der Waals surface area contributed by atoms with Crippen molar-refractivity contribution >= 4 is 11.5 Å². The van der Waals surface area contributed by atoms with E-state index >= 15 is 0 Å². The second kappa shape index (κ2) is 9.49. The molecule has 1 spiro atoms. The van der Waals surface area contributed by atoms with Crippen LogP contribution in [-0.4, -0.2) is 76.5 Å². The Morgan fingerprint density at radius 1 is 0.974 bits per heavy atom. The maximum absolute atomic E-state index is 6.49. The number of nitrogens with zero attached hydrogens (tertiary/aromatic N) is 6. The number of hydrogen-bond acceptors (Lipinski definition) is 7. The molecular weight excluding hydrogens is 476 g/mol. The fraction of sp³-hybridized carbons (Fsp3) is 0.633. The summed E-state index contributed by atoms with van der Waals surface area (Å²) in [4.78, 5) is 14.1. The van der Waals surface area contributed by atoms with E-state index in [0.29, 0.717) is 17.1 Å². The maximum Gasteiger partial charge on any atom is 0.253 e. The van der Waals surface area contributed by atoms with Crippen molar-refractivity contribution < 1.29 is 9.47 Å². The zero-order valence-corrected chi connectivity index (χ0v) is 23.0. The van der Waals surface area contributed by atoms with E-state index in [1.807, 2.05) is 20.8 Å². The van der Waals surface area contributed by atoms with Crippen LogP contribution in [0.4, 0.5) is 5.69 Å². The summed E-state index contributed by atoms with van der Waals surface area (Å²) >= 11 is 0. The molecule has 4 aliphatic rings. The first-order valence-corrected chi connectivity index (χ1v) is 14.5. The number of likely N-dealkylation sites (tertiary alicyclic amines) is 1. The van der Waals surface area contributed by atoms with Crippen LogP contribution in [0.2, 0.25) is 0 Å². The van der Waals surface area contributed by atoms with Crippen molar-refractivity contribution in [1.29, 1.82) is 0 Å². The molecule has 3 saturated heterocycles. The minimum atomic E-state index is 0.143. The largest absolute Gasteiger partial charge is 0.485 e. The van der Waals surface area contributed by atoms with E-state index < -0.39 is 0 Å². The first-order valence-electron chi connectivity index (χ1n) is 14.5. The van der Waals surface area contributed by atoms with Crippen molar-refractivity contribution in [3.8, 4) is 5.75 Å². The van der Waals surface area contributed by atoms with Crippen LogP contribution in [0.5, 0.6) is 5.75 Å². The fourth-order valence-corrected chi connectivity index (χ4v) is 7.26. The van der Waals surface area contributed by atoms with E-state index in [9.17, 15) is 0 Å². The zero-order valence-electron chi connectivity index (χ0n) is 23.0. The van der Waals surface area contributed by atoms with Gasteiger partial charge in [0, 0.05) is 43.7 Å². The molecule has 202 valence electrons. The summed E-state index contributed by atoms with van der Waals surface area (Å²) in [7, 11) is 0. The van der Waals surface area contributed by atoms with E-state index in [4.69, 9.17) is 9.47 Å². The molecule has 0 N–H and O–H groups in total. The minimum Gasteiger partial charge on any atom is -0.485 e. The van der Waals surface area contributed by atoms with Gasteiger partial charge in [0.1, 0.15) is 11.9 Å². The fourth-order valence-electron chi connectivity index (χ4n) is 7.26. The van der Waals surface area contributed by atoms with Crippen molar-refractivity contribution in [3.63, 3.8) is 0 Å². The van der Waals surface area contributed by atoms with Gasteiger partial charge in [0.15, 0.2) is 5.75 Å². The molecule has 8 nitrogen and oxygen atoms in total. The highest BCUT2D eigenvalue weighted by atomic mass is 16.5. The molecule has 1 aliphatic carbocycles. The molecular formula is C30H40N6O2. The lowest BCUT2D eigenvalue weighted by molar-refractivity contribution is -0.191. The minimum absolute atomic E-state index is 0.143. The third kappa shape index (κ3) is 4.45. The molecule has 4 fully saturated rings. The number of benzene rings is 1. The van der Waals surface area contributed by atoms with Gasteiger partial charge < -0.3 is 19.3 Å². The average Bonchev–Trinajstić information content (AvgIpc) is 3.49. The molecule has 1 aromatic carbocycles. The van der Waals surface area contributed by atoms with E-state index in [-0.39, 0.29) is 6.10 Å². The molecule has 8 heteroatoms. The monoisotopic (exact) mass is 516 g/mol. The molecule has 1 atom stereocenters. The standard InChI is InChI=1S/C30H40N6O2/c1-20-28(21(2)36-29(31-20)32-22(3)33-36)38-27-12-13-35(15-27)26-10-8-25(9-11-26)24-6-4-23(5-7-24)14-34-16-30(17-34)18-37-19-30/h8-11,23-24,27H,4-7,12-19H2,1-3H3/t23?,24?,27-/m1/s1. The summed E-state index contributed by atoms with van der Waals surface area (Å²) in [6, 6.07) is 9.41. The summed E-state index contributed by atoms with van der Waals surface area (Å²) in [5.41, 5.74) is 5.20. The number of anilines is 1. The van der Waals surface area contributed by atoms with Gasteiger partial charge in [0.25, 0.3) is 5.78 Å². The lowest BCUT2D eigenvalue weighted by Crippen LogP contribution is -2.66. The van der Waals surface area contributed by atoms with Crippen molar-refractivity contribution in [1.82, 2.24) is 24.5 Å². The van der Waals surface area contributed by atoms with Crippen LogP contribution in [0.1, 0.15) is 60.8 Å². The van der Waals surface area contributed by atoms with Gasteiger partial charge in [0.2, 0.25) is 0 Å². The van der Waals surface area contributed by atoms with Gasteiger partial charge >= 0.3 is 0 Å². The summed E-state index contributed by atoms with van der Waals surface area (Å²) in [6.45, 7) is 13.6. The molecule has 5 heterocycles. The van der Waals surface area contributed by atoms with Crippen LogP contribution in [0.25, 0.3) is 5.78 Å². The number of ether oxygens (including phenoxy) is 2. The Morgan fingerprint density at radius 2 is 1.74 bits per heavy atom. The number of aryl methyl sites for hydroxylation is 3. The molecule has 7 rings (SSSR count). The highest BCUT2D eigenvalue weighted by Crippen LogP contribution is 2.41. The predicted octanol–water partition coefficient (Wildman–Crippen LogP) is 4.31. The maximum atomic E-state index is 6.49. The third-order valence-electron chi connectivity index (χ3n) is 9.40. The molecule has 0 radical (unpaired) electrons. The van der Waals surface area contributed by atoms with Crippen LogP contribution in [0, 0.1) is 32.1 Å². The lowest BCUT2D eigenvalue weighted by atomic mass is 9.75. The molecule has 0 bridgehead atoms. The molecule has 3 aliphatic heterocycles. The molecule has 2 aromatic heterocycles. The molecule has 3 aromatic rings. The summed E-state index contributed by atoms with van der Waals surface area (Å²) in [5, 5.41) is 4.48. The van der Waals surface area contributed by atoms with Crippen LogP contribution in [0.15, 0.2) is 24.3 Å². The van der Waals surface area contributed by atoms with Gasteiger partial charge in [-0.3, -0.25) is 0 Å². The zero-order chi connectivity index (χ0) is 25.9. The van der Waals surface area contributed by atoms with Gasteiger partial charge in [-0.2, -0.15) is 9.50 Å². The van der Waals surface area contributed by atoms with Crippen LogP contribution in [-0.2, 0) is 4.74 Å². The normalized spacial score (nSPS) is 27.0. The van der Waals surface area contributed by atoms with E-state index in [1.54, 1.807) is 4.52 Å². The molecule has 1 saturated carbocycles. The van der Waals surface area contributed by atoms with Crippen molar-refractivity contribution in [2.75, 3.05) is 50.8 Å². The second-order valence-electron chi connectivity index (χ2n) is 12.4. The number of aromatic nitrogens is 4. The average molecular weight is 517 g/mol. The Bertz CT molecular complexity index is 1300. The van der Waals surface area contributed by atoms with Gasteiger partial charge in [-0.15, -0.1) is 5.10 Å². The van der Waals surface area contributed by atoms with E-state index in [1.165, 1.54) is 56.6 Å². The second-order valence-corrected chi connectivity index (χ2v) is 12.4. The third-order valence-corrected chi connectivity index (χ3v) is 9.40. The van der Waals surface area contributed by atoms with Gasteiger partial charge in [-0.1, -0.05) is 12.1 Å². The van der Waals surface area contributed by atoms with Crippen LogP contribution < -0.4 is 9.64 Å². The SMILES string of the molecule is Cc1nc2nc(C)c(O[C@@H]3CCN(c4ccc(C5CCC(CN6CC7(COC7)C6)CC5)cc4)C3)c(C)n2n1. The Hall–Kier alpha value is -2.71. The van der Waals surface area contributed by atoms with Crippen LogP contribution >= 0.6 is 0 Å². The number of rotatable bonds is 6. The van der Waals surface area contributed by atoms with Crippen molar-refractivity contribution in [2.45, 2.75) is 64.9 Å². The summed E-state index contributed by atoms with van der Waals surface area (Å²) in [5.74, 6) is 3.80. The topological polar surface area (TPSA) is 68.0 Å². The molecule has 0 unspecified atom stereocenters.